The molecule has 1 N–H and O–H groups in total. The fraction of sp³-hybridized carbons (Fsp3) is 0. The molecule has 0 aromatic heterocycles. The summed E-state index contributed by atoms with van der Waals surface area (Å²) in [6.07, 6.45) is 0. The number of urea groups is 1. The second kappa shape index (κ2) is 6.02. The van der Waals surface area contributed by atoms with E-state index in [0.29, 0.717) is 11.4 Å². The third-order valence-corrected chi connectivity index (χ3v) is 2.53. The van der Waals surface area contributed by atoms with E-state index in [1.54, 1.807) is 48.5 Å². The second-order valence-electron chi connectivity index (χ2n) is 3.71. The molecule has 4 nitrogen and oxygen atoms in total. The Morgan fingerprint density at radius 2 is 1.26 bits per heavy atom. The molecule has 0 heterocycles. The fourth-order valence-electron chi connectivity index (χ4n) is 1.68. The number of rotatable bonds is 2. The van der Waals surface area contributed by atoms with Crippen LogP contribution in [0.25, 0.3) is 0 Å². The van der Waals surface area contributed by atoms with Gasteiger partial charge in [-0.15, -0.1) is 0 Å². The van der Waals surface area contributed by atoms with E-state index in [1.165, 1.54) is 4.90 Å². The lowest BCUT2D eigenvalue weighted by Gasteiger charge is -2.22. The van der Waals surface area contributed by atoms with Crippen LogP contribution in [0.1, 0.15) is 0 Å². The van der Waals surface area contributed by atoms with Crippen LogP contribution in [0.2, 0.25) is 0 Å². The van der Waals surface area contributed by atoms with E-state index in [4.69, 9.17) is 11.6 Å². The molecule has 0 aliphatic rings. The Balaban J connectivity index is 2.40. The number of benzene rings is 2. The number of nitrogens with one attached hydrogen (secondary N) is 1. The van der Waals surface area contributed by atoms with Crippen molar-refractivity contribution in [2.75, 3.05) is 4.90 Å². The van der Waals surface area contributed by atoms with Crippen LogP contribution in [0.4, 0.5) is 21.0 Å². The average molecular weight is 275 g/mol. The van der Waals surface area contributed by atoms with Crippen molar-refractivity contribution in [2.24, 2.45) is 0 Å². The average Bonchev–Trinajstić information content (AvgIpc) is 2.40. The van der Waals surface area contributed by atoms with Gasteiger partial charge in [-0.2, -0.15) is 0 Å². The molecule has 0 atom stereocenters. The molecular weight excluding hydrogens is 264 g/mol. The molecule has 0 saturated heterocycles. The molecule has 0 unspecified atom stereocenters. The Morgan fingerprint density at radius 1 is 0.842 bits per heavy atom. The minimum atomic E-state index is -0.915. The Hall–Kier alpha value is -2.33. The van der Waals surface area contributed by atoms with Gasteiger partial charge >= 0.3 is 11.4 Å². The molecule has 96 valence electrons. The molecule has 0 aliphatic heterocycles. The van der Waals surface area contributed by atoms with E-state index in [-0.39, 0.29) is 0 Å². The van der Waals surface area contributed by atoms with Crippen molar-refractivity contribution in [3.8, 4) is 0 Å². The van der Waals surface area contributed by atoms with Crippen molar-refractivity contribution in [1.29, 1.82) is 0 Å². The van der Waals surface area contributed by atoms with Crippen molar-refractivity contribution in [3.05, 3.63) is 60.7 Å². The molecule has 0 aliphatic carbocycles. The highest BCUT2D eigenvalue weighted by atomic mass is 35.5. The topological polar surface area (TPSA) is 49.4 Å². The summed E-state index contributed by atoms with van der Waals surface area (Å²) < 4.78 is 0. The van der Waals surface area contributed by atoms with Gasteiger partial charge in [0.05, 0.1) is 11.4 Å². The normalized spacial score (nSPS) is 9.74. The van der Waals surface area contributed by atoms with Crippen molar-refractivity contribution < 1.29 is 9.59 Å². The summed E-state index contributed by atoms with van der Waals surface area (Å²) >= 11 is 5.19. The summed E-state index contributed by atoms with van der Waals surface area (Å²) in [4.78, 5) is 24.3. The largest absolute Gasteiger partial charge is 0.334 e. The van der Waals surface area contributed by atoms with E-state index in [0.717, 1.165) is 0 Å². The van der Waals surface area contributed by atoms with Gasteiger partial charge in [0.15, 0.2) is 0 Å². The van der Waals surface area contributed by atoms with E-state index in [2.05, 4.69) is 5.32 Å². The summed E-state index contributed by atoms with van der Waals surface area (Å²) in [5.41, 5.74) is 1.29. The molecule has 0 saturated carbocycles. The molecule has 0 fully saturated rings. The quantitative estimate of drug-likeness (QED) is 0.667. The van der Waals surface area contributed by atoms with Crippen LogP contribution in [-0.2, 0) is 0 Å². The maximum Gasteiger partial charge on any atom is 0.334 e. The first kappa shape index (κ1) is 13.1. The van der Waals surface area contributed by atoms with E-state index >= 15 is 0 Å². The minimum absolute atomic E-state index is 0.600. The third-order valence-electron chi connectivity index (χ3n) is 2.44. The van der Waals surface area contributed by atoms with Crippen molar-refractivity contribution in [1.82, 2.24) is 5.32 Å². The summed E-state index contributed by atoms with van der Waals surface area (Å²) in [6, 6.07) is 17.4. The predicted molar refractivity (Wildman–Crippen MR) is 74.8 cm³/mol. The van der Waals surface area contributed by atoms with Crippen LogP contribution in [-0.4, -0.2) is 11.4 Å². The number of hydrogen-bond donors (Lipinski definition) is 1. The maximum atomic E-state index is 12.1. The highest BCUT2D eigenvalue weighted by molar-refractivity contribution is 6.64. The highest BCUT2D eigenvalue weighted by Crippen LogP contribution is 2.24. The first-order valence-electron chi connectivity index (χ1n) is 5.59. The van der Waals surface area contributed by atoms with Gasteiger partial charge in [0.2, 0.25) is 0 Å². The van der Waals surface area contributed by atoms with E-state index < -0.39 is 11.4 Å². The monoisotopic (exact) mass is 274 g/mol. The van der Waals surface area contributed by atoms with Crippen LogP contribution in [0.15, 0.2) is 60.7 Å². The second-order valence-corrected chi connectivity index (χ2v) is 4.05. The standard InChI is InChI=1S/C14H11ClN2O2/c15-13(18)16-14(19)17(11-7-3-1-4-8-11)12-9-5-2-6-10-12/h1-10H,(H,16,18,19). The lowest BCUT2D eigenvalue weighted by Crippen LogP contribution is -2.38. The third kappa shape index (κ3) is 3.33. The first-order valence-corrected chi connectivity index (χ1v) is 5.97. The van der Waals surface area contributed by atoms with E-state index in [9.17, 15) is 9.59 Å². The summed E-state index contributed by atoms with van der Waals surface area (Å²) in [5.74, 6) is 0. The van der Waals surface area contributed by atoms with Gasteiger partial charge in [0.1, 0.15) is 0 Å². The van der Waals surface area contributed by atoms with Gasteiger partial charge in [-0.05, 0) is 35.9 Å². The minimum Gasteiger partial charge on any atom is -0.264 e. The van der Waals surface area contributed by atoms with Crippen LogP contribution in [0.3, 0.4) is 0 Å². The summed E-state index contributed by atoms with van der Waals surface area (Å²) in [5, 5.41) is 1.14. The molecule has 0 radical (unpaired) electrons. The van der Waals surface area contributed by atoms with Crippen molar-refractivity contribution >= 4 is 34.4 Å². The molecule has 19 heavy (non-hydrogen) atoms. The zero-order valence-corrected chi connectivity index (χ0v) is 10.7. The van der Waals surface area contributed by atoms with Gasteiger partial charge in [0.25, 0.3) is 0 Å². The molecule has 2 aromatic rings. The maximum absolute atomic E-state index is 12.1. The predicted octanol–water partition coefficient (Wildman–Crippen LogP) is 3.89. The lowest BCUT2D eigenvalue weighted by atomic mass is 10.2. The number of para-hydroxylation sites is 2. The number of hydrogen-bond acceptors (Lipinski definition) is 2. The highest BCUT2D eigenvalue weighted by Gasteiger charge is 2.18. The molecule has 3 amide bonds. The van der Waals surface area contributed by atoms with Gasteiger partial charge < -0.3 is 0 Å². The molecule has 2 aromatic carbocycles. The Labute approximate surface area is 115 Å². The Kier molecular flexibility index (Phi) is 4.15. The van der Waals surface area contributed by atoms with E-state index in [1.807, 2.05) is 12.1 Å². The Bertz CT molecular complexity index is 533. The zero-order valence-electron chi connectivity index (χ0n) is 9.92. The lowest BCUT2D eigenvalue weighted by molar-refractivity contribution is 0.242. The van der Waals surface area contributed by atoms with Crippen LogP contribution < -0.4 is 10.2 Å². The number of carbonyl (C=O) groups excluding carboxylic acids is 2. The SMILES string of the molecule is O=C(Cl)NC(=O)N(c1ccccc1)c1ccccc1. The fourth-order valence-corrected chi connectivity index (χ4v) is 1.76. The number of imide groups is 1. The number of anilines is 2. The van der Waals surface area contributed by atoms with Crippen LogP contribution in [0.5, 0.6) is 0 Å². The molecular formula is C14H11ClN2O2. The van der Waals surface area contributed by atoms with Crippen LogP contribution in [0, 0.1) is 0 Å². The summed E-state index contributed by atoms with van der Waals surface area (Å²) in [6.45, 7) is 0. The number of halogens is 1. The number of carbonyl (C=O) groups is 2. The van der Waals surface area contributed by atoms with Gasteiger partial charge in [0, 0.05) is 0 Å². The van der Waals surface area contributed by atoms with Gasteiger partial charge in [-0.1, -0.05) is 36.4 Å². The van der Waals surface area contributed by atoms with Gasteiger partial charge in [-0.25, -0.2) is 4.79 Å². The van der Waals surface area contributed by atoms with Gasteiger partial charge in [-0.3, -0.25) is 15.0 Å². The Morgan fingerprint density at radius 3 is 1.63 bits per heavy atom. The molecule has 0 spiro atoms. The molecule has 0 bridgehead atoms. The van der Waals surface area contributed by atoms with Crippen LogP contribution >= 0.6 is 11.6 Å². The first-order chi connectivity index (χ1) is 9.18. The molecule has 2 rings (SSSR count). The number of nitrogens with zero attached hydrogens (tertiary/aromatic N) is 1. The molecule has 5 heteroatoms. The smallest absolute Gasteiger partial charge is 0.264 e. The zero-order chi connectivity index (χ0) is 13.7. The number of amides is 3. The van der Waals surface area contributed by atoms with Crippen molar-refractivity contribution in [2.45, 2.75) is 0 Å². The summed E-state index contributed by atoms with van der Waals surface area (Å²) in [7, 11) is 0. The van der Waals surface area contributed by atoms with Crippen molar-refractivity contribution in [3.63, 3.8) is 0 Å².